The van der Waals surface area contributed by atoms with Crippen molar-refractivity contribution in [3.63, 3.8) is 0 Å². The number of hydrogen-bond acceptors (Lipinski definition) is 18. The Bertz CT molecular complexity index is 1680. The fourth-order valence-electron chi connectivity index (χ4n) is 9.97. The van der Waals surface area contributed by atoms with Gasteiger partial charge in [0.05, 0.1) is 38.6 Å². The van der Waals surface area contributed by atoms with Crippen LogP contribution in [-0.4, -0.2) is 193 Å². The van der Waals surface area contributed by atoms with Gasteiger partial charge in [-0.25, -0.2) is 0 Å². The first-order chi connectivity index (χ1) is 38.3. The van der Waals surface area contributed by atoms with Crippen molar-refractivity contribution < 1.29 is 89.4 Å². The van der Waals surface area contributed by atoms with E-state index in [1.165, 1.54) is 96.3 Å². The van der Waals surface area contributed by atoms with Gasteiger partial charge in [-0.1, -0.05) is 197 Å². The lowest BCUT2D eigenvalue weighted by atomic mass is 9.96. The van der Waals surface area contributed by atoms with Gasteiger partial charge in [0, 0.05) is 6.42 Å². The number of hydrogen-bond donors (Lipinski definition) is 12. The molecule has 19 heteroatoms. The minimum Gasteiger partial charge on any atom is -0.394 e. The van der Waals surface area contributed by atoms with Crippen LogP contribution in [0.3, 0.4) is 0 Å². The average molecular weight is 1130 g/mol. The van der Waals surface area contributed by atoms with Gasteiger partial charge in [0.15, 0.2) is 18.9 Å². The number of ether oxygens (including phenoxy) is 6. The molecule has 458 valence electrons. The lowest BCUT2D eigenvalue weighted by Crippen LogP contribution is -2.66. The summed E-state index contributed by atoms with van der Waals surface area (Å²) in [5, 5.41) is 120. The summed E-state index contributed by atoms with van der Waals surface area (Å²) in [4.78, 5) is 13.3. The Labute approximate surface area is 471 Å². The molecule has 3 aliphatic heterocycles. The van der Waals surface area contributed by atoms with E-state index in [1.807, 2.05) is 12.2 Å². The number of carbonyl (C=O) groups excluding carboxylic acids is 1. The Balaban J connectivity index is 1.52. The molecule has 79 heavy (non-hydrogen) atoms. The van der Waals surface area contributed by atoms with Gasteiger partial charge in [-0.3, -0.25) is 4.79 Å². The van der Waals surface area contributed by atoms with Crippen molar-refractivity contribution in [1.82, 2.24) is 5.32 Å². The standard InChI is InChI=1S/C60H105NO18/c1-3-5-7-9-11-13-15-17-19-20-21-22-24-25-27-29-31-33-35-37-44(65)43(61-48(66)38-36-34-32-30-28-26-23-18-16-14-12-10-8-6-4-2)42-74-58-54(72)51(69)56(46(40-63)76-58)79-60-55(73)52(70)57(47(41-64)77-60)78-59-53(71)50(68)49(67)45(39-62)75-59/h6,8,12,14,18,23,28,30,34,36,43-47,49-60,62-65,67-73H,3-5,7,9-11,13,15-17,19-22,24-27,29,31-33,35,37-42H2,1-2H3,(H,61,66)/b8-6-,14-12-,23-18-,30-28-,36-34-. The smallest absolute Gasteiger partial charge is 0.224 e. The molecule has 0 aromatic carbocycles. The third-order valence-electron chi connectivity index (χ3n) is 14.9. The predicted molar refractivity (Wildman–Crippen MR) is 300 cm³/mol. The topological polar surface area (TPSA) is 307 Å². The summed E-state index contributed by atoms with van der Waals surface area (Å²) in [7, 11) is 0. The van der Waals surface area contributed by atoms with E-state index in [4.69, 9.17) is 28.4 Å². The fraction of sp³-hybridized carbons (Fsp3) is 0.817. The number of aliphatic hydroxyl groups is 11. The van der Waals surface area contributed by atoms with E-state index in [0.717, 1.165) is 44.9 Å². The first-order valence-electron chi connectivity index (χ1n) is 30.0. The predicted octanol–water partition coefficient (Wildman–Crippen LogP) is 5.26. The molecule has 0 aromatic rings. The van der Waals surface area contributed by atoms with Gasteiger partial charge in [0.1, 0.15) is 73.2 Å². The van der Waals surface area contributed by atoms with Crippen LogP contribution in [-0.2, 0) is 33.2 Å². The van der Waals surface area contributed by atoms with Gasteiger partial charge >= 0.3 is 0 Å². The van der Waals surface area contributed by atoms with E-state index in [0.29, 0.717) is 19.3 Å². The summed E-state index contributed by atoms with van der Waals surface area (Å²) in [5.41, 5.74) is 0. The lowest BCUT2D eigenvalue weighted by molar-refractivity contribution is -0.379. The van der Waals surface area contributed by atoms with Crippen LogP contribution in [0, 0.1) is 0 Å². The van der Waals surface area contributed by atoms with Crippen LogP contribution in [0.5, 0.6) is 0 Å². The van der Waals surface area contributed by atoms with Gasteiger partial charge in [0.25, 0.3) is 0 Å². The van der Waals surface area contributed by atoms with E-state index in [2.05, 4.69) is 61.7 Å². The zero-order chi connectivity index (χ0) is 57.6. The first kappa shape index (κ1) is 70.8. The second kappa shape index (κ2) is 43.2. The van der Waals surface area contributed by atoms with Crippen LogP contribution in [0.2, 0.25) is 0 Å². The number of aliphatic hydroxyl groups excluding tert-OH is 11. The number of unbranched alkanes of at least 4 members (excludes halogenated alkanes) is 18. The Morgan fingerprint density at radius 3 is 1.25 bits per heavy atom. The van der Waals surface area contributed by atoms with Gasteiger partial charge in [-0.2, -0.15) is 0 Å². The average Bonchev–Trinajstić information content (AvgIpc) is 3.47. The highest BCUT2D eigenvalue weighted by atomic mass is 16.8. The highest BCUT2D eigenvalue weighted by molar-refractivity contribution is 5.77. The molecule has 3 fully saturated rings. The normalized spacial score (nSPS) is 30.7. The molecule has 0 saturated carbocycles. The van der Waals surface area contributed by atoms with Crippen molar-refractivity contribution in [1.29, 1.82) is 0 Å². The second-order valence-corrected chi connectivity index (χ2v) is 21.5. The van der Waals surface area contributed by atoms with Crippen molar-refractivity contribution in [3.8, 4) is 0 Å². The minimum atomic E-state index is -1.98. The van der Waals surface area contributed by atoms with Gasteiger partial charge < -0.3 is 89.9 Å². The molecule has 3 rings (SSSR count). The molecule has 17 unspecified atom stereocenters. The molecular weight excluding hydrogens is 1020 g/mol. The molecule has 3 saturated heterocycles. The summed E-state index contributed by atoms with van der Waals surface area (Å²) < 4.78 is 34.2. The summed E-state index contributed by atoms with van der Waals surface area (Å²) in [6.45, 7) is 1.59. The Morgan fingerprint density at radius 1 is 0.456 bits per heavy atom. The molecular formula is C60H105NO18. The third-order valence-corrected chi connectivity index (χ3v) is 14.9. The van der Waals surface area contributed by atoms with Crippen LogP contribution in [0.4, 0.5) is 0 Å². The SMILES string of the molecule is CC/C=C\C/C=C\C/C=C\C/C=C\C/C=C\CC(=O)NC(COC1OC(CO)C(OC2OC(CO)C(OC3OC(CO)C(O)C(O)C3O)C(O)C2O)C(O)C1O)C(O)CCCCCCCCCCCCCCCCCCCCC. The van der Waals surface area contributed by atoms with E-state index in [9.17, 15) is 61.0 Å². The largest absolute Gasteiger partial charge is 0.394 e. The summed E-state index contributed by atoms with van der Waals surface area (Å²) >= 11 is 0. The van der Waals surface area contributed by atoms with Crippen molar-refractivity contribution in [2.45, 2.75) is 285 Å². The quantitative estimate of drug-likeness (QED) is 0.0274. The van der Waals surface area contributed by atoms with Crippen molar-refractivity contribution >= 4 is 5.91 Å². The Kier molecular flexibility index (Phi) is 38.7. The second-order valence-electron chi connectivity index (χ2n) is 21.5. The van der Waals surface area contributed by atoms with Crippen LogP contribution in [0.15, 0.2) is 60.8 Å². The first-order valence-corrected chi connectivity index (χ1v) is 30.0. The zero-order valence-electron chi connectivity index (χ0n) is 47.6. The summed E-state index contributed by atoms with van der Waals surface area (Å²) in [6, 6.07) is -0.943. The van der Waals surface area contributed by atoms with Gasteiger partial charge in [-0.15, -0.1) is 0 Å². The van der Waals surface area contributed by atoms with E-state index >= 15 is 0 Å². The third kappa shape index (κ3) is 27.2. The highest BCUT2D eigenvalue weighted by Gasteiger charge is 2.53. The molecule has 3 aliphatic rings. The molecule has 19 nitrogen and oxygen atoms in total. The van der Waals surface area contributed by atoms with Crippen LogP contribution < -0.4 is 5.32 Å². The van der Waals surface area contributed by atoms with Crippen molar-refractivity contribution in [2.75, 3.05) is 26.4 Å². The van der Waals surface area contributed by atoms with Crippen molar-refractivity contribution in [2.24, 2.45) is 0 Å². The minimum absolute atomic E-state index is 0.0322. The molecule has 0 radical (unpaired) electrons. The monoisotopic (exact) mass is 1130 g/mol. The summed E-state index contributed by atoms with van der Waals surface area (Å²) in [5.74, 6) is -0.371. The molecule has 1 amide bonds. The fourth-order valence-corrected chi connectivity index (χ4v) is 9.97. The van der Waals surface area contributed by atoms with E-state index in [1.54, 1.807) is 6.08 Å². The summed E-state index contributed by atoms with van der Waals surface area (Å²) in [6.07, 6.45) is 21.9. The van der Waals surface area contributed by atoms with Gasteiger partial charge in [0.2, 0.25) is 5.91 Å². The maximum absolute atomic E-state index is 13.3. The molecule has 0 bridgehead atoms. The van der Waals surface area contributed by atoms with Gasteiger partial charge in [-0.05, 0) is 38.5 Å². The lowest BCUT2D eigenvalue weighted by Gasteiger charge is -2.48. The Morgan fingerprint density at radius 2 is 0.823 bits per heavy atom. The number of amides is 1. The maximum atomic E-state index is 13.3. The maximum Gasteiger partial charge on any atom is 0.224 e. The number of rotatable bonds is 43. The molecule has 3 heterocycles. The number of carbonyl (C=O) groups is 1. The number of allylic oxidation sites excluding steroid dienone is 9. The zero-order valence-corrected chi connectivity index (χ0v) is 47.6. The van der Waals surface area contributed by atoms with Crippen LogP contribution in [0.1, 0.15) is 181 Å². The van der Waals surface area contributed by atoms with E-state index < -0.39 is 124 Å². The molecule has 17 atom stereocenters. The highest BCUT2D eigenvalue weighted by Crippen LogP contribution is 2.33. The molecule has 12 N–H and O–H groups in total. The molecule has 0 aliphatic carbocycles. The van der Waals surface area contributed by atoms with Crippen molar-refractivity contribution in [3.05, 3.63) is 60.8 Å². The molecule has 0 aromatic heterocycles. The van der Waals surface area contributed by atoms with E-state index in [-0.39, 0.29) is 18.9 Å². The number of nitrogens with one attached hydrogen (secondary N) is 1. The Hall–Kier alpha value is -2.51. The molecule has 0 spiro atoms. The van der Waals surface area contributed by atoms with Crippen LogP contribution in [0.25, 0.3) is 0 Å². The van der Waals surface area contributed by atoms with Crippen LogP contribution >= 0.6 is 0 Å².